The van der Waals surface area contributed by atoms with E-state index in [1.54, 1.807) is 0 Å². The lowest BCUT2D eigenvalue weighted by Crippen LogP contribution is -2.35. The van der Waals surface area contributed by atoms with Gasteiger partial charge in [0.2, 0.25) is 5.91 Å². The highest BCUT2D eigenvalue weighted by Crippen LogP contribution is 2.27. The topological polar surface area (TPSA) is 35.6 Å². The van der Waals surface area contributed by atoms with Crippen molar-refractivity contribution in [1.82, 2.24) is 10.2 Å². The highest BCUT2D eigenvalue weighted by molar-refractivity contribution is 5.75. The van der Waals surface area contributed by atoms with E-state index in [1.807, 2.05) is 0 Å². The number of carbonyl (C=O) groups excluding carboxylic acids is 1. The Labute approximate surface area is 152 Å². The molecule has 1 fully saturated rings. The molecule has 25 heavy (non-hydrogen) atoms. The van der Waals surface area contributed by atoms with Gasteiger partial charge in [0.15, 0.2) is 0 Å². The van der Waals surface area contributed by atoms with Gasteiger partial charge in [0.05, 0.1) is 0 Å². The predicted molar refractivity (Wildman–Crippen MR) is 104 cm³/mol. The summed E-state index contributed by atoms with van der Waals surface area (Å²) in [5.41, 5.74) is 2.80. The lowest BCUT2D eigenvalue weighted by molar-refractivity contribution is -0.121. The van der Waals surface area contributed by atoms with Crippen LogP contribution in [0.15, 0.2) is 24.3 Å². The Morgan fingerprint density at radius 3 is 2.76 bits per heavy atom. The molecule has 1 aromatic rings. The van der Waals surface area contributed by atoms with E-state index in [9.17, 15) is 4.79 Å². The van der Waals surface area contributed by atoms with Crippen LogP contribution in [0.4, 0.5) is 5.69 Å². The van der Waals surface area contributed by atoms with Gasteiger partial charge in [0.25, 0.3) is 0 Å². The van der Waals surface area contributed by atoms with Crippen LogP contribution in [0.2, 0.25) is 0 Å². The number of rotatable bonds is 8. The number of amides is 1. The van der Waals surface area contributed by atoms with E-state index >= 15 is 0 Å². The fourth-order valence-corrected chi connectivity index (χ4v) is 3.97. The minimum Gasteiger partial charge on any atom is -0.371 e. The summed E-state index contributed by atoms with van der Waals surface area (Å²) in [6.45, 7) is 8.82. The van der Waals surface area contributed by atoms with Gasteiger partial charge in [-0.1, -0.05) is 25.1 Å². The first kappa shape index (κ1) is 18.2. The van der Waals surface area contributed by atoms with Gasteiger partial charge in [-0.25, -0.2) is 0 Å². The molecule has 1 N–H and O–H groups in total. The van der Waals surface area contributed by atoms with Crippen molar-refractivity contribution in [3.05, 3.63) is 29.8 Å². The molecule has 3 rings (SSSR count). The normalized spacial score (nSPS) is 18.4. The molecule has 0 radical (unpaired) electrons. The molecule has 2 aliphatic heterocycles. The standard InChI is InChI=1S/C21H33N3O/c1-18-9-15-23(16-10-18)13-5-12-22-21(25)8-4-14-24-17-11-19-6-2-3-7-20(19)24/h2-3,6-7,18H,4-5,8-17H2,1H3,(H,22,25). The Hall–Kier alpha value is -1.55. The van der Waals surface area contributed by atoms with E-state index < -0.39 is 0 Å². The van der Waals surface area contributed by atoms with Crippen molar-refractivity contribution in [2.75, 3.05) is 44.2 Å². The highest BCUT2D eigenvalue weighted by atomic mass is 16.1. The Morgan fingerprint density at radius 2 is 1.92 bits per heavy atom. The average Bonchev–Trinajstić information content (AvgIpc) is 3.04. The fourth-order valence-electron chi connectivity index (χ4n) is 3.97. The van der Waals surface area contributed by atoms with Gasteiger partial charge in [0.1, 0.15) is 0 Å². The number of fused-ring (bicyclic) bond motifs is 1. The summed E-state index contributed by atoms with van der Waals surface area (Å²) in [6, 6.07) is 8.63. The molecule has 0 aromatic heterocycles. The van der Waals surface area contributed by atoms with Crippen LogP contribution in [0.1, 0.15) is 44.6 Å². The predicted octanol–water partition coefficient (Wildman–Crippen LogP) is 3.07. The van der Waals surface area contributed by atoms with E-state index in [0.29, 0.717) is 6.42 Å². The van der Waals surface area contributed by atoms with Gasteiger partial charge in [0, 0.05) is 31.7 Å². The molecule has 4 nitrogen and oxygen atoms in total. The number of hydrogen-bond acceptors (Lipinski definition) is 3. The molecule has 4 heteroatoms. The molecule has 138 valence electrons. The smallest absolute Gasteiger partial charge is 0.220 e. The Bertz CT molecular complexity index is 552. The fraction of sp³-hybridized carbons (Fsp3) is 0.667. The van der Waals surface area contributed by atoms with E-state index in [1.165, 1.54) is 37.2 Å². The summed E-state index contributed by atoms with van der Waals surface area (Å²) in [5.74, 6) is 1.10. The Morgan fingerprint density at radius 1 is 1.12 bits per heavy atom. The van der Waals surface area contributed by atoms with E-state index in [0.717, 1.165) is 51.4 Å². The van der Waals surface area contributed by atoms with Crippen LogP contribution < -0.4 is 10.2 Å². The van der Waals surface area contributed by atoms with Gasteiger partial charge >= 0.3 is 0 Å². The van der Waals surface area contributed by atoms with Gasteiger partial charge in [-0.15, -0.1) is 0 Å². The second-order valence-corrected chi connectivity index (χ2v) is 7.70. The van der Waals surface area contributed by atoms with E-state index in [2.05, 4.69) is 46.3 Å². The van der Waals surface area contributed by atoms with Crippen molar-refractivity contribution in [2.24, 2.45) is 5.92 Å². The molecule has 2 aliphatic rings. The molecule has 1 saturated heterocycles. The van der Waals surface area contributed by atoms with Crippen LogP contribution in [0.25, 0.3) is 0 Å². The van der Waals surface area contributed by atoms with Gasteiger partial charge < -0.3 is 15.1 Å². The first-order valence-corrected chi connectivity index (χ1v) is 10.0. The second-order valence-electron chi connectivity index (χ2n) is 7.70. The first-order chi connectivity index (χ1) is 12.2. The molecular formula is C21H33N3O. The van der Waals surface area contributed by atoms with Crippen LogP contribution in [-0.2, 0) is 11.2 Å². The van der Waals surface area contributed by atoms with Crippen molar-refractivity contribution in [1.29, 1.82) is 0 Å². The summed E-state index contributed by atoms with van der Waals surface area (Å²) in [7, 11) is 0. The SMILES string of the molecule is CC1CCN(CCCNC(=O)CCCN2CCc3ccccc32)CC1. The summed E-state index contributed by atoms with van der Waals surface area (Å²) in [5, 5.41) is 3.09. The molecular weight excluding hydrogens is 310 g/mol. The molecule has 0 saturated carbocycles. The van der Waals surface area contributed by atoms with E-state index in [-0.39, 0.29) is 5.91 Å². The molecule has 1 amide bonds. The number of hydrogen-bond donors (Lipinski definition) is 1. The maximum atomic E-state index is 12.0. The molecule has 0 bridgehead atoms. The number of nitrogens with one attached hydrogen (secondary N) is 1. The summed E-state index contributed by atoms with van der Waals surface area (Å²) >= 11 is 0. The second kappa shape index (κ2) is 9.23. The Balaban J connectivity index is 1.24. The zero-order valence-electron chi connectivity index (χ0n) is 15.7. The van der Waals surface area contributed by atoms with Crippen LogP contribution in [0.5, 0.6) is 0 Å². The maximum absolute atomic E-state index is 12.0. The number of nitrogens with zero attached hydrogens (tertiary/aromatic N) is 2. The van der Waals surface area contributed by atoms with Crippen molar-refractivity contribution in [3.8, 4) is 0 Å². The Kier molecular flexibility index (Phi) is 6.74. The van der Waals surface area contributed by atoms with Crippen molar-refractivity contribution in [2.45, 2.75) is 45.4 Å². The summed E-state index contributed by atoms with van der Waals surface area (Å²) in [6.07, 6.45) is 6.43. The third-order valence-corrected chi connectivity index (χ3v) is 5.66. The largest absolute Gasteiger partial charge is 0.371 e. The summed E-state index contributed by atoms with van der Waals surface area (Å²) in [4.78, 5) is 17.0. The zero-order valence-corrected chi connectivity index (χ0v) is 15.7. The number of para-hydroxylation sites is 1. The van der Waals surface area contributed by atoms with Crippen molar-refractivity contribution < 1.29 is 4.79 Å². The molecule has 0 spiro atoms. The monoisotopic (exact) mass is 343 g/mol. The molecule has 0 unspecified atom stereocenters. The first-order valence-electron chi connectivity index (χ1n) is 10.0. The maximum Gasteiger partial charge on any atom is 0.220 e. The van der Waals surface area contributed by atoms with Crippen LogP contribution in [-0.4, -0.2) is 50.1 Å². The van der Waals surface area contributed by atoms with Gasteiger partial charge in [-0.3, -0.25) is 4.79 Å². The number of benzene rings is 1. The number of piperidine rings is 1. The quantitative estimate of drug-likeness (QED) is 0.737. The molecule has 2 heterocycles. The third-order valence-electron chi connectivity index (χ3n) is 5.66. The lowest BCUT2D eigenvalue weighted by Gasteiger charge is -2.30. The van der Waals surface area contributed by atoms with Crippen LogP contribution in [0.3, 0.4) is 0 Å². The minimum atomic E-state index is 0.208. The number of likely N-dealkylation sites (tertiary alicyclic amines) is 1. The van der Waals surface area contributed by atoms with Crippen molar-refractivity contribution >= 4 is 11.6 Å². The average molecular weight is 344 g/mol. The zero-order chi connectivity index (χ0) is 17.5. The lowest BCUT2D eigenvalue weighted by atomic mass is 9.99. The summed E-state index contributed by atoms with van der Waals surface area (Å²) < 4.78 is 0. The van der Waals surface area contributed by atoms with Crippen LogP contribution in [0, 0.1) is 5.92 Å². The highest BCUT2D eigenvalue weighted by Gasteiger charge is 2.18. The van der Waals surface area contributed by atoms with E-state index in [4.69, 9.17) is 0 Å². The van der Waals surface area contributed by atoms with Gasteiger partial charge in [-0.2, -0.15) is 0 Å². The van der Waals surface area contributed by atoms with Crippen LogP contribution >= 0.6 is 0 Å². The third kappa shape index (κ3) is 5.46. The van der Waals surface area contributed by atoms with Gasteiger partial charge in [-0.05, 0) is 69.3 Å². The number of anilines is 1. The minimum absolute atomic E-state index is 0.208. The molecule has 1 aromatic carbocycles. The molecule has 0 atom stereocenters. The van der Waals surface area contributed by atoms with Crippen molar-refractivity contribution in [3.63, 3.8) is 0 Å². The number of carbonyl (C=O) groups is 1. The molecule has 0 aliphatic carbocycles.